The zero-order chi connectivity index (χ0) is 12.3. The van der Waals surface area contributed by atoms with Gasteiger partial charge in [0.2, 0.25) is 0 Å². The van der Waals surface area contributed by atoms with E-state index >= 15 is 0 Å². The van der Waals surface area contributed by atoms with Crippen molar-refractivity contribution in [3.63, 3.8) is 0 Å². The van der Waals surface area contributed by atoms with Gasteiger partial charge in [0, 0.05) is 17.9 Å². The molecule has 0 saturated carbocycles. The van der Waals surface area contributed by atoms with Gasteiger partial charge in [-0.2, -0.15) is 0 Å². The van der Waals surface area contributed by atoms with Crippen LogP contribution >= 0.6 is 15.9 Å². The average molecular weight is 312 g/mol. The Hall–Kier alpha value is 0.390. The van der Waals surface area contributed by atoms with Crippen LogP contribution in [-0.2, 0) is 9.84 Å². The first kappa shape index (κ1) is 14.5. The Morgan fingerprint density at radius 1 is 1.44 bits per heavy atom. The van der Waals surface area contributed by atoms with E-state index < -0.39 is 9.84 Å². The van der Waals surface area contributed by atoms with Crippen molar-refractivity contribution in [1.82, 2.24) is 4.90 Å². The average Bonchev–Trinajstić information content (AvgIpc) is 2.56. The second kappa shape index (κ2) is 5.83. The van der Waals surface area contributed by atoms with Crippen LogP contribution in [0.1, 0.15) is 27.2 Å². The molecule has 0 aliphatic carbocycles. The number of hydrogen-bond donors (Lipinski definition) is 0. The molecule has 0 aromatic heterocycles. The van der Waals surface area contributed by atoms with Crippen molar-refractivity contribution in [3.05, 3.63) is 0 Å². The minimum absolute atomic E-state index is 0.255. The van der Waals surface area contributed by atoms with Crippen LogP contribution in [0, 0.1) is 5.92 Å². The monoisotopic (exact) mass is 311 g/mol. The maximum Gasteiger partial charge on any atom is 0.153 e. The molecule has 1 aliphatic rings. The quantitative estimate of drug-likeness (QED) is 0.728. The van der Waals surface area contributed by atoms with Gasteiger partial charge in [0.05, 0.1) is 11.0 Å². The van der Waals surface area contributed by atoms with E-state index in [2.05, 4.69) is 27.8 Å². The molecule has 0 amide bonds. The summed E-state index contributed by atoms with van der Waals surface area (Å²) in [6.45, 7) is 7.46. The van der Waals surface area contributed by atoms with Gasteiger partial charge < -0.3 is 0 Å². The number of nitrogens with zero attached hydrogens (tertiary/aromatic N) is 1. The molecule has 0 radical (unpaired) electrons. The third-order valence-electron chi connectivity index (χ3n) is 3.54. The van der Waals surface area contributed by atoms with Crippen LogP contribution in [0.25, 0.3) is 0 Å². The Kier molecular flexibility index (Phi) is 5.26. The van der Waals surface area contributed by atoms with Crippen molar-refractivity contribution in [1.29, 1.82) is 0 Å². The smallest absolute Gasteiger partial charge is 0.153 e. The SMILES string of the molecule is CC1CCN(CCS(=O)(=O)C(C)C)C1CBr. The number of hydrogen-bond acceptors (Lipinski definition) is 3. The number of likely N-dealkylation sites (tertiary alicyclic amines) is 1. The van der Waals surface area contributed by atoms with E-state index in [0.29, 0.717) is 24.3 Å². The molecule has 2 unspecified atom stereocenters. The van der Waals surface area contributed by atoms with Crippen molar-refractivity contribution in [3.8, 4) is 0 Å². The standard InChI is InChI=1S/C11H22BrNO2S/c1-9(2)16(14,15)7-6-13-5-4-10(3)11(13)8-12/h9-11H,4-8H2,1-3H3. The molecule has 96 valence electrons. The van der Waals surface area contributed by atoms with Crippen LogP contribution in [0.15, 0.2) is 0 Å². The first-order chi connectivity index (χ1) is 7.38. The van der Waals surface area contributed by atoms with Crippen LogP contribution in [0.2, 0.25) is 0 Å². The Labute approximate surface area is 108 Å². The summed E-state index contributed by atoms with van der Waals surface area (Å²) in [5.74, 6) is 0.960. The minimum atomic E-state index is -2.89. The van der Waals surface area contributed by atoms with Gasteiger partial charge in [-0.25, -0.2) is 8.42 Å². The first-order valence-electron chi connectivity index (χ1n) is 5.90. The highest BCUT2D eigenvalue weighted by atomic mass is 79.9. The molecular formula is C11H22BrNO2S. The predicted molar refractivity (Wildman–Crippen MR) is 71.9 cm³/mol. The number of alkyl halides is 1. The third-order valence-corrected chi connectivity index (χ3v) is 6.39. The van der Waals surface area contributed by atoms with Crippen LogP contribution in [0.4, 0.5) is 0 Å². The summed E-state index contributed by atoms with van der Waals surface area (Å²) < 4.78 is 23.5. The van der Waals surface area contributed by atoms with Crippen LogP contribution < -0.4 is 0 Å². The number of rotatable bonds is 5. The molecule has 1 fully saturated rings. The van der Waals surface area contributed by atoms with E-state index in [1.165, 1.54) is 6.42 Å². The van der Waals surface area contributed by atoms with Crippen molar-refractivity contribution in [2.45, 2.75) is 38.5 Å². The molecule has 1 aliphatic heterocycles. The molecular weight excluding hydrogens is 290 g/mol. The summed E-state index contributed by atoms with van der Waals surface area (Å²) in [6.07, 6.45) is 1.18. The molecule has 1 saturated heterocycles. The molecule has 1 rings (SSSR count). The lowest BCUT2D eigenvalue weighted by Crippen LogP contribution is -2.37. The first-order valence-corrected chi connectivity index (χ1v) is 8.73. The second-order valence-electron chi connectivity index (χ2n) is 4.94. The van der Waals surface area contributed by atoms with Crippen LogP contribution in [-0.4, -0.2) is 48.8 Å². The Bertz CT molecular complexity index is 316. The van der Waals surface area contributed by atoms with Crippen molar-refractivity contribution in [2.75, 3.05) is 24.2 Å². The van der Waals surface area contributed by atoms with E-state index in [1.807, 2.05) is 0 Å². The van der Waals surface area contributed by atoms with Gasteiger partial charge in [0.25, 0.3) is 0 Å². The Morgan fingerprint density at radius 3 is 2.56 bits per heavy atom. The van der Waals surface area contributed by atoms with Gasteiger partial charge in [-0.1, -0.05) is 22.9 Å². The summed E-state index contributed by atoms with van der Waals surface area (Å²) in [7, 11) is -2.89. The summed E-state index contributed by atoms with van der Waals surface area (Å²) in [4.78, 5) is 2.30. The normalized spacial score (nSPS) is 27.8. The molecule has 0 spiro atoms. The second-order valence-corrected chi connectivity index (χ2v) is 8.26. The van der Waals surface area contributed by atoms with Gasteiger partial charge in [0.15, 0.2) is 9.84 Å². The zero-order valence-electron chi connectivity index (χ0n) is 10.3. The summed E-state index contributed by atoms with van der Waals surface area (Å²) in [5, 5.41) is 0.686. The van der Waals surface area contributed by atoms with E-state index in [9.17, 15) is 8.42 Å². The van der Waals surface area contributed by atoms with Crippen molar-refractivity contribution < 1.29 is 8.42 Å². The van der Waals surface area contributed by atoms with Gasteiger partial charge in [-0.15, -0.1) is 0 Å². The van der Waals surface area contributed by atoms with Gasteiger partial charge in [0.1, 0.15) is 0 Å². The molecule has 5 heteroatoms. The maximum absolute atomic E-state index is 11.7. The lowest BCUT2D eigenvalue weighted by atomic mass is 10.1. The van der Waals surface area contributed by atoms with E-state index in [1.54, 1.807) is 13.8 Å². The van der Waals surface area contributed by atoms with E-state index in [-0.39, 0.29) is 5.25 Å². The van der Waals surface area contributed by atoms with Crippen molar-refractivity contribution >= 4 is 25.8 Å². The highest BCUT2D eigenvalue weighted by molar-refractivity contribution is 9.09. The van der Waals surface area contributed by atoms with Crippen molar-refractivity contribution in [2.24, 2.45) is 5.92 Å². The van der Waals surface area contributed by atoms with Crippen LogP contribution in [0.5, 0.6) is 0 Å². The molecule has 0 aromatic carbocycles. The zero-order valence-corrected chi connectivity index (χ0v) is 12.7. The molecule has 1 heterocycles. The molecule has 0 aromatic rings. The molecule has 3 nitrogen and oxygen atoms in total. The highest BCUT2D eigenvalue weighted by Crippen LogP contribution is 2.25. The largest absolute Gasteiger partial charge is 0.298 e. The van der Waals surface area contributed by atoms with E-state index in [0.717, 1.165) is 11.9 Å². The summed E-state index contributed by atoms with van der Waals surface area (Å²) in [5.41, 5.74) is 0. The topological polar surface area (TPSA) is 37.4 Å². The molecule has 0 bridgehead atoms. The summed E-state index contributed by atoms with van der Waals surface area (Å²) in [6, 6.07) is 0.502. The Balaban J connectivity index is 2.50. The maximum atomic E-state index is 11.7. The van der Waals surface area contributed by atoms with Crippen LogP contribution in [0.3, 0.4) is 0 Å². The van der Waals surface area contributed by atoms with Gasteiger partial charge in [-0.05, 0) is 32.7 Å². The molecule has 2 atom stereocenters. The fraction of sp³-hybridized carbons (Fsp3) is 1.00. The fourth-order valence-electron chi connectivity index (χ4n) is 2.10. The number of sulfone groups is 1. The molecule has 16 heavy (non-hydrogen) atoms. The molecule has 0 N–H and O–H groups in total. The third kappa shape index (κ3) is 3.44. The minimum Gasteiger partial charge on any atom is -0.298 e. The predicted octanol–water partition coefficient (Wildman–Crippen LogP) is 1.91. The highest BCUT2D eigenvalue weighted by Gasteiger charge is 2.31. The van der Waals surface area contributed by atoms with E-state index in [4.69, 9.17) is 0 Å². The van der Waals surface area contributed by atoms with Gasteiger partial charge >= 0.3 is 0 Å². The number of halogens is 1. The fourth-order valence-corrected chi connectivity index (χ4v) is 4.10. The Morgan fingerprint density at radius 2 is 2.06 bits per heavy atom. The lowest BCUT2D eigenvalue weighted by Gasteiger charge is -2.25. The lowest BCUT2D eigenvalue weighted by molar-refractivity contribution is 0.266. The van der Waals surface area contributed by atoms with Gasteiger partial charge in [-0.3, -0.25) is 4.90 Å². The summed E-state index contributed by atoms with van der Waals surface area (Å²) >= 11 is 3.52.